The van der Waals surface area contributed by atoms with Crippen molar-refractivity contribution in [1.29, 1.82) is 0 Å². The molecule has 3 aromatic rings. The van der Waals surface area contributed by atoms with E-state index in [0.717, 1.165) is 43.1 Å². The van der Waals surface area contributed by atoms with E-state index < -0.39 is 0 Å². The van der Waals surface area contributed by atoms with Crippen LogP contribution in [-0.2, 0) is 4.79 Å². The Kier molecular flexibility index (Phi) is 6.15. The highest BCUT2D eigenvalue weighted by atomic mass is 16.3. The Morgan fingerprint density at radius 2 is 1.94 bits per heavy atom. The van der Waals surface area contributed by atoms with Crippen molar-refractivity contribution in [2.75, 3.05) is 32.0 Å². The van der Waals surface area contributed by atoms with E-state index in [-0.39, 0.29) is 12.5 Å². The second-order valence-electron chi connectivity index (χ2n) is 8.19. The second kappa shape index (κ2) is 8.99. The number of piperidine rings is 1. The van der Waals surface area contributed by atoms with Gasteiger partial charge in [-0.2, -0.15) is 5.10 Å². The van der Waals surface area contributed by atoms with Crippen molar-refractivity contribution < 1.29 is 9.21 Å². The SMILES string of the molecule is Cc1cc(C)n(-c2cc(NC(=O)CNC3CCN(C)CC3)nc(-c3ccc(C)o3)n2)n1. The highest BCUT2D eigenvalue weighted by Crippen LogP contribution is 2.22. The molecule has 4 heterocycles. The number of hydrogen-bond acceptors (Lipinski definition) is 7. The maximum Gasteiger partial charge on any atom is 0.239 e. The maximum atomic E-state index is 12.6. The molecular formula is C22H29N7O2. The number of aromatic nitrogens is 4. The van der Waals surface area contributed by atoms with E-state index in [1.54, 1.807) is 10.7 Å². The zero-order valence-electron chi connectivity index (χ0n) is 18.5. The quantitative estimate of drug-likeness (QED) is 0.628. The summed E-state index contributed by atoms with van der Waals surface area (Å²) in [7, 11) is 2.12. The molecule has 1 fully saturated rings. The number of carbonyl (C=O) groups excluding carboxylic acids is 1. The van der Waals surface area contributed by atoms with E-state index in [4.69, 9.17) is 4.42 Å². The minimum absolute atomic E-state index is 0.140. The van der Waals surface area contributed by atoms with Crippen molar-refractivity contribution >= 4 is 11.7 Å². The average Bonchev–Trinajstić information content (AvgIpc) is 3.32. The van der Waals surface area contributed by atoms with Gasteiger partial charge in [-0.25, -0.2) is 14.6 Å². The first-order chi connectivity index (χ1) is 14.9. The van der Waals surface area contributed by atoms with Gasteiger partial charge in [-0.05, 0) is 71.9 Å². The number of hydrogen-bond donors (Lipinski definition) is 2. The highest BCUT2D eigenvalue weighted by Gasteiger charge is 2.18. The molecule has 0 atom stereocenters. The van der Waals surface area contributed by atoms with Gasteiger partial charge in [-0.3, -0.25) is 4.79 Å². The number of amides is 1. The van der Waals surface area contributed by atoms with Gasteiger partial charge in [0.05, 0.1) is 12.2 Å². The fourth-order valence-corrected chi connectivity index (χ4v) is 3.77. The Labute approximate surface area is 181 Å². The number of furan rings is 1. The van der Waals surface area contributed by atoms with Gasteiger partial charge in [0.15, 0.2) is 17.4 Å². The summed E-state index contributed by atoms with van der Waals surface area (Å²) >= 11 is 0. The molecule has 1 amide bonds. The van der Waals surface area contributed by atoms with Crippen LogP contribution >= 0.6 is 0 Å². The molecule has 1 aliphatic rings. The minimum atomic E-state index is -0.140. The number of nitrogens with zero attached hydrogens (tertiary/aromatic N) is 5. The van der Waals surface area contributed by atoms with E-state index in [2.05, 4.69) is 37.6 Å². The molecule has 0 bridgehead atoms. The first-order valence-corrected chi connectivity index (χ1v) is 10.6. The molecule has 164 valence electrons. The Bertz CT molecular complexity index is 1060. The zero-order chi connectivity index (χ0) is 22.0. The fourth-order valence-electron chi connectivity index (χ4n) is 3.77. The molecule has 0 aromatic carbocycles. The normalized spacial score (nSPS) is 15.4. The summed E-state index contributed by atoms with van der Waals surface area (Å²) < 4.78 is 7.45. The van der Waals surface area contributed by atoms with Gasteiger partial charge in [0.25, 0.3) is 0 Å². The van der Waals surface area contributed by atoms with Crippen LogP contribution in [0.25, 0.3) is 17.4 Å². The van der Waals surface area contributed by atoms with E-state index in [0.29, 0.717) is 29.3 Å². The molecule has 2 N–H and O–H groups in total. The maximum absolute atomic E-state index is 12.6. The van der Waals surface area contributed by atoms with Gasteiger partial charge in [0, 0.05) is 17.8 Å². The lowest BCUT2D eigenvalue weighted by molar-refractivity contribution is -0.115. The van der Waals surface area contributed by atoms with Gasteiger partial charge in [-0.15, -0.1) is 0 Å². The minimum Gasteiger partial charge on any atom is -0.458 e. The topological polar surface area (TPSA) is 101 Å². The molecule has 9 nitrogen and oxygen atoms in total. The van der Waals surface area contributed by atoms with Gasteiger partial charge in [0.1, 0.15) is 11.6 Å². The smallest absolute Gasteiger partial charge is 0.239 e. The van der Waals surface area contributed by atoms with Crippen LogP contribution in [0.15, 0.2) is 28.7 Å². The van der Waals surface area contributed by atoms with Crippen LogP contribution < -0.4 is 10.6 Å². The number of likely N-dealkylation sites (tertiary alicyclic amines) is 1. The number of nitrogens with one attached hydrogen (secondary N) is 2. The lowest BCUT2D eigenvalue weighted by Crippen LogP contribution is -2.43. The third kappa shape index (κ3) is 5.18. The standard InChI is InChI=1S/C22H29N7O2/c1-14-11-15(2)29(27-14)20-12-19(25-22(26-20)18-6-5-16(3)31-18)24-21(30)13-23-17-7-9-28(4)10-8-17/h5-6,11-12,17,23H,7-10,13H2,1-4H3,(H,24,25,26,30). The van der Waals surface area contributed by atoms with Gasteiger partial charge < -0.3 is 20.0 Å². The number of anilines is 1. The summed E-state index contributed by atoms with van der Waals surface area (Å²) in [4.78, 5) is 24.0. The second-order valence-corrected chi connectivity index (χ2v) is 8.19. The van der Waals surface area contributed by atoms with Gasteiger partial charge >= 0.3 is 0 Å². The van der Waals surface area contributed by atoms with Crippen molar-refractivity contribution in [3.63, 3.8) is 0 Å². The van der Waals surface area contributed by atoms with Gasteiger partial charge in [0.2, 0.25) is 5.91 Å². The third-order valence-corrected chi connectivity index (χ3v) is 5.44. The predicted molar refractivity (Wildman–Crippen MR) is 118 cm³/mol. The summed E-state index contributed by atoms with van der Waals surface area (Å²) in [5.41, 5.74) is 1.83. The third-order valence-electron chi connectivity index (χ3n) is 5.44. The summed E-state index contributed by atoms with van der Waals surface area (Å²) in [6, 6.07) is 7.75. The molecule has 0 spiro atoms. The van der Waals surface area contributed by atoms with Gasteiger partial charge in [-0.1, -0.05) is 0 Å². The predicted octanol–water partition coefficient (Wildman–Crippen LogP) is 2.47. The monoisotopic (exact) mass is 423 g/mol. The fraction of sp³-hybridized carbons (Fsp3) is 0.455. The van der Waals surface area contributed by atoms with Crippen LogP contribution in [0.3, 0.4) is 0 Å². The molecular weight excluding hydrogens is 394 g/mol. The molecule has 1 saturated heterocycles. The van der Waals surface area contributed by atoms with E-state index in [1.807, 2.05) is 39.0 Å². The molecule has 0 aliphatic carbocycles. The zero-order valence-corrected chi connectivity index (χ0v) is 18.5. The number of aryl methyl sites for hydroxylation is 3. The van der Waals surface area contributed by atoms with Crippen LogP contribution in [0, 0.1) is 20.8 Å². The Hall–Kier alpha value is -3.04. The lowest BCUT2D eigenvalue weighted by Gasteiger charge is -2.29. The molecule has 4 rings (SSSR count). The van der Waals surface area contributed by atoms with Crippen molar-refractivity contribution in [2.45, 2.75) is 39.7 Å². The number of rotatable bonds is 6. The first kappa shape index (κ1) is 21.2. The van der Waals surface area contributed by atoms with E-state index in [9.17, 15) is 4.79 Å². The molecule has 0 radical (unpaired) electrons. The Balaban J connectivity index is 1.54. The van der Waals surface area contributed by atoms with Crippen molar-refractivity contribution in [1.82, 2.24) is 30.0 Å². The van der Waals surface area contributed by atoms with Crippen molar-refractivity contribution in [2.24, 2.45) is 0 Å². The Morgan fingerprint density at radius 1 is 1.16 bits per heavy atom. The van der Waals surface area contributed by atoms with Crippen LogP contribution in [0.2, 0.25) is 0 Å². The van der Waals surface area contributed by atoms with Crippen LogP contribution in [0.4, 0.5) is 5.82 Å². The number of carbonyl (C=O) groups is 1. The summed E-state index contributed by atoms with van der Waals surface area (Å²) in [6.07, 6.45) is 2.09. The summed E-state index contributed by atoms with van der Waals surface area (Å²) in [5, 5.41) is 10.8. The lowest BCUT2D eigenvalue weighted by atomic mass is 10.1. The molecule has 0 unspecified atom stereocenters. The summed E-state index contributed by atoms with van der Waals surface area (Å²) in [6.45, 7) is 8.09. The average molecular weight is 424 g/mol. The van der Waals surface area contributed by atoms with Crippen LogP contribution in [0.5, 0.6) is 0 Å². The Morgan fingerprint density at radius 3 is 2.58 bits per heavy atom. The first-order valence-electron chi connectivity index (χ1n) is 10.6. The molecule has 0 saturated carbocycles. The molecule has 3 aromatic heterocycles. The molecule has 9 heteroatoms. The van der Waals surface area contributed by atoms with E-state index >= 15 is 0 Å². The molecule has 31 heavy (non-hydrogen) atoms. The van der Waals surface area contributed by atoms with Crippen molar-refractivity contribution in [3.8, 4) is 17.4 Å². The van der Waals surface area contributed by atoms with Crippen LogP contribution in [-0.4, -0.2) is 63.3 Å². The highest BCUT2D eigenvalue weighted by molar-refractivity contribution is 5.91. The van der Waals surface area contributed by atoms with E-state index in [1.165, 1.54) is 0 Å². The largest absolute Gasteiger partial charge is 0.458 e. The van der Waals surface area contributed by atoms with Crippen molar-refractivity contribution in [3.05, 3.63) is 41.4 Å². The summed E-state index contributed by atoms with van der Waals surface area (Å²) in [5.74, 6) is 2.55. The molecule has 1 aliphatic heterocycles. The van der Waals surface area contributed by atoms with Crippen LogP contribution in [0.1, 0.15) is 30.0 Å².